The van der Waals surface area contributed by atoms with Crippen molar-refractivity contribution in [2.24, 2.45) is 0 Å². The second-order valence-electron chi connectivity index (χ2n) is 3.02. The molecular weight excluding hydrogens is 218 g/mol. The molecule has 1 aliphatic heterocycles. The molecule has 1 amide bonds. The lowest BCUT2D eigenvalue weighted by Crippen LogP contribution is -2.51. The number of carbonyl (C=O) groups excluding carboxylic acids is 2. The first-order valence-electron chi connectivity index (χ1n) is 4.60. The fraction of sp³-hybridized carbons (Fsp3) is 0.500. The summed E-state index contributed by atoms with van der Waals surface area (Å²) in [5.74, 6) is -1.39. The lowest BCUT2D eigenvalue weighted by Gasteiger charge is -2.24. The van der Waals surface area contributed by atoms with Crippen LogP contribution in [-0.4, -0.2) is 34.6 Å². The van der Waals surface area contributed by atoms with Crippen LogP contribution in [0.4, 0.5) is 0 Å². The quantitative estimate of drug-likeness (QED) is 0.394. The second-order valence-corrected chi connectivity index (χ2v) is 3.02. The average Bonchev–Trinajstić information content (AvgIpc) is 2.21. The van der Waals surface area contributed by atoms with Crippen molar-refractivity contribution in [3.63, 3.8) is 0 Å². The molecule has 0 spiro atoms. The number of carbonyl (C=O) groups is 2. The van der Waals surface area contributed by atoms with Gasteiger partial charge in [-0.1, -0.05) is 5.01 Å². The average molecular weight is 229 g/mol. The molecule has 8 nitrogen and oxygen atoms in total. The number of rotatable bonds is 3. The van der Waals surface area contributed by atoms with E-state index in [2.05, 4.69) is 10.1 Å². The molecular formula is C8H11N3O5. The number of esters is 1. The minimum Gasteiger partial charge on any atom is -0.461 e. The lowest BCUT2D eigenvalue weighted by atomic mass is 10.2. The van der Waals surface area contributed by atoms with Gasteiger partial charge in [0, 0.05) is 6.20 Å². The van der Waals surface area contributed by atoms with Gasteiger partial charge in [0.1, 0.15) is 0 Å². The van der Waals surface area contributed by atoms with E-state index in [1.54, 1.807) is 6.92 Å². The van der Waals surface area contributed by atoms with E-state index in [-0.39, 0.29) is 12.3 Å². The summed E-state index contributed by atoms with van der Waals surface area (Å²) < 4.78 is 4.64. The molecule has 1 aliphatic rings. The van der Waals surface area contributed by atoms with Crippen molar-refractivity contribution in [1.29, 1.82) is 0 Å². The van der Waals surface area contributed by atoms with E-state index in [1.165, 1.54) is 6.92 Å². The summed E-state index contributed by atoms with van der Waals surface area (Å²) in [5, 5.41) is 12.7. The minimum atomic E-state index is -1.06. The van der Waals surface area contributed by atoms with Crippen molar-refractivity contribution in [3.8, 4) is 0 Å². The predicted molar refractivity (Wildman–Crippen MR) is 51.2 cm³/mol. The Morgan fingerprint density at radius 1 is 1.75 bits per heavy atom. The lowest BCUT2D eigenvalue weighted by molar-refractivity contribution is -0.648. The van der Waals surface area contributed by atoms with Gasteiger partial charge in [-0.25, -0.2) is 14.9 Å². The molecule has 8 heteroatoms. The maximum Gasteiger partial charge on any atom is 0.362 e. The van der Waals surface area contributed by atoms with Crippen LogP contribution >= 0.6 is 0 Å². The molecule has 0 fully saturated rings. The number of hydrogen-bond donors (Lipinski definition) is 1. The fourth-order valence-electron chi connectivity index (χ4n) is 1.23. The van der Waals surface area contributed by atoms with Gasteiger partial charge in [0.05, 0.1) is 6.61 Å². The van der Waals surface area contributed by atoms with Crippen molar-refractivity contribution in [2.75, 3.05) is 6.61 Å². The van der Waals surface area contributed by atoms with Gasteiger partial charge in [-0.2, -0.15) is 0 Å². The van der Waals surface area contributed by atoms with Gasteiger partial charge in [0.15, 0.2) is 11.1 Å². The number of nitro groups is 1. The Bertz CT molecular complexity index is 365. The van der Waals surface area contributed by atoms with Crippen LogP contribution < -0.4 is 5.32 Å². The monoisotopic (exact) mass is 229 g/mol. The summed E-state index contributed by atoms with van der Waals surface area (Å²) in [6.45, 7) is 3.01. The molecule has 0 saturated heterocycles. The number of hydrazine groups is 1. The van der Waals surface area contributed by atoms with Crippen molar-refractivity contribution in [2.45, 2.75) is 19.9 Å². The zero-order chi connectivity index (χ0) is 12.3. The highest BCUT2D eigenvalue weighted by molar-refractivity contribution is 5.92. The highest BCUT2D eigenvalue weighted by Gasteiger charge is 2.39. The molecule has 0 radical (unpaired) electrons. The summed E-state index contributed by atoms with van der Waals surface area (Å²) in [4.78, 5) is 33.3. The van der Waals surface area contributed by atoms with Crippen molar-refractivity contribution in [3.05, 3.63) is 22.0 Å². The van der Waals surface area contributed by atoms with Crippen molar-refractivity contribution in [1.82, 2.24) is 10.3 Å². The van der Waals surface area contributed by atoms with E-state index in [0.29, 0.717) is 5.01 Å². The molecule has 0 saturated carbocycles. The third kappa shape index (κ3) is 2.10. The van der Waals surface area contributed by atoms with Gasteiger partial charge in [0.25, 0.3) is 5.91 Å². The number of ether oxygens (including phenoxy) is 1. The fourth-order valence-corrected chi connectivity index (χ4v) is 1.23. The minimum absolute atomic E-state index is 0.101. The molecule has 0 aliphatic carbocycles. The highest BCUT2D eigenvalue weighted by Crippen LogP contribution is 2.15. The molecule has 16 heavy (non-hydrogen) atoms. The van der Waals surface area contributed by atoms with Crippen LogP contribution in [0.3, 0.4) is 0 Å². The van der Waals surface area contributed by atoms with Crippen LogP contribution in [0.1, 0.15) is 13.8 Å². The van der Waals surface area contributed by atoms with E-state index in [0.717, 1.165) is 6.20 Å². The van der Waals surface area contributed by atoms with Crippen LogP contribution in [0.15, 0.2) is 11.9 Å². The van der Waals surface area contributed by atoms with Gasteiger partial charge in [-0.3, -0.25) is 4.79 Å². The Kier molecular flexibility index (Phi) is 3.44. The summed E-state index contributed by atoms with van der Waals surface area (Å²) in [6, 6.07) is -1.06. The number of nitrogens with zero attached hydrogens (tertiary/aromatic N) is 2. The highest BCUT2D eigenvalue weighted by atomic mass is 16.7. The van der Waals surface area contributed by atoms with E-state index in [1.807, 2.05) is 0 Å². The van der Waals surface area contributed by atoms with Crippen molar-refractivity contribution >= 4 is 11.9 Å². The van der Waals surface area contributed by atoms with Crippen LogP contribution in [-0.2, 0) is 14.3 Å². The standard InChI is InChI=1S/C8H11N3O5/c1-3-16-8(13)6-4-9-7(12)5(2)10(6)11(14)15/h4-5H,3H2,1-2H3,(H,9,12). The second kappa shape index (κ2) is 4.60. The van der Waals surface area contributed by atoms with Crippen LogP contribution in [0.2, 0.25) is 0 Å². The Labute approximate surface area is 91.0 Å². The topological polar surface area (TPSA) is 102 Å². The summed E-state index contributed by atoms with van der Waals surface area (Å²) in [7, 11) is 0. The molecule has 88 valence electrons. The molecule has 0 bridgehead atoms. The number of amides is 1. The maximum absolute atomic E-state index is 11.4. The first-order chi connectivity index (χ1) is 7.49. The Morgan fingerprint density at radius 3 is 2.88 bits per heavy atom. The summed E-state index contributed by atoms with van der Waals surface area (Å²) in [6.07, 6.45) is 0.975. The predicted octanol–water partition coefficient (Wildman–Crippen LogP) is -0.597. The van der Waals surface area contributed by atoms with E-state index >= 15 is 0 Å². The first-order valence-corrected chi connectivity index (χ1v) is 4.60. The van der Waals surface area contributed by atoms with Crippen LogP contribution in [0, 0.1) is 10.1 Å². The SMILES string of the molecule is CCOC(=O)C1=CNC(=O)C(C)N1[N+](=O)[O-]. The Balaban J connectivity index is 3.01. The Morgan fingerprint density at radius 2 is 2.38 bits per heavy atom. The molecule has 1 atom stereocenters. The normalized spacial score (nSPS) is 19.9. The van der Waals surface area contributed by atoms with Gasteiger partial charge in [-0.15, -0.1) is 0 Å². The maximum atomic E-state index is 11.4. The van der Waals surface area contributed by atoms with E-state index in [9.17, 15) is 19.7 Å². The largest absolute Gasteiger partial charge is 0.461 e. The van der Waals surface area contributed by atoms with Gasteiger partial charge >= 0.3 is 5.97 Å². The Hall–Kier alpha value is -2.12. The summed E-state index contributed by atoms with van der Waals surface area (Å²) in [5.41, 5.74) is -0.293. The number of nitrogens with one attached hydrogen (secondary N) is 1. The third-order valence-electron chi connectivity index (χ3n) is 2.00. The van der Waals surface area contributed by atoms with Crippen LogP contribution in [0.5, 0.6) is 0 Å². The smallest absolute Gasteiger partial charge is 0.362 e. The molecule has 1 heterocycles. The van der Waals surface area contributed by atoms with E-state index < -0.39 is 23.0 Å². The third-order valence-corrected chi connectivity index (χ3v) is 2.00. The number of hydrogen-bond acceptors (Lipinski definition) is 5. The molecule has 1 rings (SSSR count). The first kappa shape index (κ1) is 12.0. The molecule has 1 N–H and O–H groups in total. The van der Waals surface area contributed by atoms with Gasteiger partial charge in [-0.05, 0) is 13.8 Å². The van der Waals surface area contributed by atoms with Crippen LogP contribution in [0.25, 0.3) is 0 Å². The van der Waals surface area contributed by atoms with Gasteiger partial charge in [0.2, 0.25) is 5.70 Å². The summed E-state index contributed by atoms with van der Waals surface area (Å²) >= 11 is 0. The molecule has 0 aromatic heterocycles. The van der Waals surface area contributed by atoms with Crippen molar-refractivity contribution < 1.29 is 19.4 Å². The zero-order valence-electron chi connectivity index (χ0n) is 8.80. The molecule has 0 aromatic carbocycles. The van der Waals surface area contributed by atoms with Gasteiger partial charge < -0.3 is 10.1 Å². The zero-order valence-corrected chi connectivity index (χ0v) is 8.80. The van der Waals surface area contributed by atoms with E-state index in [4.69, 9.17) is 0 Å². The molecule has 1 unspecified atom stereocenters. The molecule has 0 aromatic rings.